The Balaban J connectivity index is 1.30. The van der Waals surface area contributed by atoms with Crippen LogP contribution in [0.5, 0.6) is 0 Å². The van der Waals surface area contributed by atoms with E-state index in [0.717, 1.165) is 31.0 Å². The summed E-state index contributed by atoms with van der Waals surface area (Å²) >= 11 is 0. The van der Waals surface area contributed by atoms with Gasteiger partial charge in [0.15, 0.2) is 0 Å². The highest BCUT2D eigenvalue weighted by molar-refractivity contribution is 5.38. The lowest BCUT2D eigenvalue weighted by molar-refractivity contribution is 0.278. The highest BCUT2D eigenvalue weighted by atomic mass is 15.3. The number of hydrogen-bond donors (Lipinski definition) is 1. The molecular formula is C17H26N4. The van der Waals surface area contributed by atoms with Crippen LogP contribution in [0.1, 0.15) is 32.1 Å². The van der Waals surface area contributed by atoms with Gasteiger partial charge >= 0.3 is 0 Å². The van der Waals surface area contributed by atoms with E-state index >= 15 is 0 Å². The summed E-state index contributed by atoms with van der Waals surface area (Å²) in [5.41, 5.74) is 0. The quantitative estimate of drug-likeness (QED) is 0.919. The number of nitrogens with one attached hydrogen (secondary N) is 1. The molecule has 3 fully saturated rings. The Labute approximate surface area is 127 Å². The van der Waals surface area contributed by atoms with E-state index in [0.29, 0.717) is 6.04 Å². The third kappa shape index (κ3) is 2.79. The molecule has 1 aromatic rings. The molecule has 0 amide bonds. The standard InChI is InChI=1S/C17H26N4/c1-2-9-18-17(5-1)21-11-6-14(7-12-21)19-15-8-13-20-10-3-4-16(15)20/h1-2,5,9,14-16,19H,3-4,6-8,10-13H2. The normalized spacial score (nSPS) is 30.8. The van der Waals surface area contributed by atoms with Crippen LogP contribution >= 0.6 is 0 Å². The van der Waals surface area contributed by atoms with Crippen molar-refractivity contribution < 1.29 is 0 Å². The molecule has 3 aliphatic heterocycles. The molecule has 4 heterocycles. The van der Waals surface area contributed by atoms with Crippen molar-refractivity contribution in [2.75, 3.05) is 31.1 Å². The van der Waals surface area contributed by atoms with E-state index in [2.05, 4.69) is 32.2 Å². The Morgan fingerprint density at radius 2 is 1.90 bits per heavy atom. The number of piperidine rings is 1. The van der Waals surface area contributed by atoms with Gasteiger partial charge in [-0.15, -0.1) is 0 Å². The van der Waals surface area contributed by atoms with E-state index in [1.54, 1.807) is 0 Å². The smallest absolute Gasteiger partial charge is 0.128 e. The van der Waals surface area contributed by atoms with E-state index in [-0.39, 0.29) is 0 Å². The zero-order valence-electron chi connectivity index (χ0n) is 12.7. The van der Waals surface area contributed by atoms with Crippen LogP contribution in [0.25, 0.3) is 0 Å². The van der Waals surface area contributed by atoms with Crippen LogP contribution in [0.4, 0.5) is 5.82 Å². The van der Waals surface area contributed by atoms with Crippen molar-refractivity contribution in [1.82, 2.24) is 15.2 Å². The maximum atomic E-state index is 4.47. The molecule has 114 valence electrons. The topological polar surface area (TPSA) is 31.4 Å². The fourth-order valence-electron chi connectivity index (χ4n) is 4.40. The third-order valence-corrected chi connectivity index (χ3v) is 5.52. The van der Waals surface area contributed by atoms with Crippen LogP contribution in [-0.2, 0) is 0 Å². The molecule has 2 atom stereocenters. The van der Waals surface area contributed by atoms with E-state index in [9.17, 15) is 0 Å². The maximum absolute atomic E-state index is 4.47. The molecule has 3 saturated heterocycles. The van der Waals surface area contributed by atoms with Gasteiger partial charge in [-0.1, -0.05) is 6.07 Å². The molecule has 0 aliphatic carbocycles. The molecule has 4 nitrogen and oxygen atoms in total. The fourth-order valence-corrected chi connectivity index (χ4v) is 4.40. The van der Waals surface area contributed by atoms with E-state index in [4.69, 9.17) is 0 Å². The number of nitrogens with zero attached hydrogens (tertiary/aromatic N) is 3. The summed E-state index contributed by atoms with van der Waals surface area (Å²) in [4.78, 5) is 9.59. The predicted octanol–water partition coefficient (Wildman–Crippen LogP) is 1.88. The maximum Gasteiger partial charge on any atom is 0.128 e. The lowest BCUT2D eigenvalue weighted by atomic mass is 10.0. The van der Waals surface area contributed by atoms with Crippen molar-refractivity contribution in [2.24, 2.45) is 0 Å². The SMILES string of the molecule is c1ccc(N2CCC(NC3CCN4CCCC34)CC2)nc1. The summed E-state index contributed by atoms with van der Waals surface area (Å²) in [6, 6.07) is 8.49. The second-order valence-electron chi connectivity index (χ2n) is 6.76. The van der Waals surface area contributed by atoms with Gasteiger partial charge in [0.2, 0.25) is 0 Å². The van der Waals surface area contributed by atoms with Crippen molar-refractivity contribution in [2.45, 2.75) is 50.2 Å². The summed E-state index contributed by atoms with van der Waals surface area (Å²) in [6.45, 7) is 4.92. The average molecular weight is 286 g/mol. The molecule has 1 N–H and O–H groups in total. The molecular weight excluding hydrogens is 260 g/mol. The second-order valence-corrected chi connectivity index (χ2v) is 6.76. The largest absolute Gasteiger partial charge is 0.357 e. The van der Waals surface area contributed by atoms with Gasteiger partial charge in [0.25, 0.3) is 0 Å². The van der Waals surface area contributed by atoms with Crippen LogP contribution in [0.2, 0.25) is 0 Å². The zero-order chi connectivity index (χ0) is 14.1. The minimum absolute atomic E-state index is 0.704. The highest BCUT2D eigenvalue weighted by Crippen LogP contribution is 2.29. The van der Waals surface area contributed by atoms with Gasteiger partial charge in [0, 0.05) is 44.0 Å². The second kappa shape index (κ2) is 5.93. The van der Waals surface area contributed by atoms with Crippen molar-refractivity contribution >= 4 is 5.82 Å². The molecule has 0 spiro atoms. The molecule has 4 heteroatoms. The first kappa shape index (κ1) is 13.5. The first-order chi connectivity index (χ1) is 10.4. The summed E-state index contributed by atoms with van der Waals surface area (Å²) in [7, 11) is 0. The van der Waals surface area contributed by atoms with Gasteiger partial charge in [-0.05, 0) is 50.8 Å². The van der Waals surface area contributed by atoms with E-state index < -0.39 is 0 Å². The number of anilines is 1. The number of rotatable bonds is 3. The molecule has 2 unspecified atom stereocenters. The zero-order valence-corrected chi connectivity index (χ0v) is 12.7. The van der Waals surface area contributed by atoms with Gasteiger partial charge in [-0.2, -0.15) is 0 Å². The minimum atomic E-state index is 0.704. The Hall–Kier alpha value is -1.13. The lowest BCUT2D eigenvalue weighted by Gasteiger charge is -2.35. The van der Waals surface area contributed by atoms with Crippen molar-refractivity contribution in [3.8, 4) is 0 Å². The minimum Gasteiger partial charge on any atom is -0.357 e. The van der Waals surface area contributed by atoms with Crippen LogP contribution in [0, 0.1) is 0 Å². The van der Waals surface area contributed by atoms with Crippen molar-refractivity contribution in [3.05, 3.63) is 24.4 Å². The summed E-state index contributed by atoms with van der Waals surface area (Å²) < 4.78 is 0. The Kier molecular flexibility index (Phi) is 3.82. The molecule has 4 rings (SSSR count). The lowest BCUT2D eigenvalue weighted by Crippen LogP contribution is -2.49. The summed E-state index contributed by atoms with van der Waals surface area (Å²) in [5, 5.41) is 3.97. The summed E-state index contributed by atoms with van der Waals surface area (Å²) in [5.74, 6) is 1.14. The third-order valence-electron chi connectivity index (χ3n) is 5.52. The van der Waals surface area contributed by atoms with Crippen molar-refractivity contribution in [1.29, 1.82) is 0 Å². The van der Waals surface area contributed by atoms with Gasteiger partial charge in [-0.3, -0.25) is 4.90 Å². The summed E-state index contributed by atoms with van der Waals surface area (Å²) in [6.07, 6.45) is 8.56. The van der Waals surface area contributed by atoms with E-state index in [1.807, 2.05) is 12.3 Å². The van der Waals surface area contributed by atoms with Crippen LogP contribution < -0.4 is 10.2 Å². The van der Waals surface area contributed by atoms with Crippen LogP contribution in [-0.4, -0.2) is 54.2 Å². The predicted molar refractivity (Wildman–Crippen MR) is 85.6 cm³/mol. The number of hydrogen-bond acceptors (Lipinski definition) is 4. The van der Waals surface area contributed by atoms with Gasteiger partial charge < -0.3 is 10.2 Å². The van der Waals surface area contributed by atoms with Crippen LogP contribution in [0.15, 0.2) is 24.4 Å². The van der Waals surface area contributed by atoms with E-state index in [1.165, 1.54) is 45.2 Å². The molecule has 3 aliphatic rings. The molecule has 0 radical (unpaired) electrons. The van der Waals surface area contributed by atoms with Gasteiger partial charge in [-0.25, -0.2) is 4.98 Å². The number of pyridine rings is 1. The van der Waals surface area contributed by atoms with Crippen LogP contribution in [0.3, 0.4) is 0 Å². The van der Waals surface area contributed by atoms with Gasteiger partial charge in [0.1, 0.15) is 5.82 Å². The Bertz CT molecular complexity index is 455. The molecule has 1 aromatic heterocycles. The molecule has 0 bridgehead atoms. The highest BCUT2D eigenvalue weighted by Gasteiger charge is 2.38. The van der Waals surface area contributed by atoms with Gasteiger partial charge in [0.05, 0.1) is 0 Å². The monoisotopic (exact) mass is 286 g/mol. The molecule has 0 aromatic carbocycles. The number of fused-ring (bicyclic) bond motifs is 1. The fraction of sp³-hybridized carbons (Fsp3) is 0.706. The Morgan fingerprint density at radius 1 is 1.00 bits per heavy atom. The van der Waals surface area contributed by atoms with Crippen molar-refractivity contribution in [3.63, 3.8) is 0 Å². The first-order valence-corrected chi connectivity index (χ1v) is 8.56. The molecule has 21 heavy (non-hydrogen) atoms. The number of aromatic nitrogens is 1. The molecule has 0 saturated carbocycles. The Morgan fingerprint density at radius 3 is 2.71 bits per heavy atom. The first-order valence-electron chi connectivity index (χ1n) is 8.56. The average Bonchev–Trinajstić information content (AvgIpc) is 3.14.